The standard InChI is InChI=1S/C55H95NO7/c1-6-8-10-12-14-16-18-20-22-24-25-26-27-28-29-30-32-34-36-38-40-42-44-46-54(58)63-51(49-61-48-47-52(55(59)60)56(3,4)5)50-62-53(57)45-43-41-39-37-35-33-31-23-21-19-17-15-13-11-9-7-2/h8-11,14-17,20-23,51-52H,6-7,12-13,18-19,24-50H2,1-5H3/p+1/b10-8+,11-9+,16-14+,17-15+,22-20+,23-21+. The van der Waals surface area contributed by atoms with E-state index in [9.17, 15) is 19.5 Å². The van der Waals surface area contributed by atoms with Crippen LogP contribution in [-0.2, 0) is 28.6 Å². The van der Waals surface area contributed by atoms with Crippen LogP contribution in [0.25, 0.3) is 0 Å². The quantitative estimate of drug-likeness (QED) is 0.0281. The largest absolute Gasteiger partial charge is 0.477 e. The van der Waals surface area contributed by atoms with Gasteiger partial charge >= 0.3 is 17.9 Å². The molecule has 0 amide bonds. The molecule has 0 heterocycles. The molecule has 0 aromatic rings. The van der Waals surface area contributed by atoms with Crippen molar-refractivity contribution in [1.82, 2.24) is 0 Å². The molecule has 2 atom stereocenters. The van der Waals surface area contributed by atoms with Crippen LogP contribution in [0.2, 0.25) is 0 Å². The molecule has 0 aromatic carbocycles. The number of ether oxygens (including phenoxy) is 3. The smallest absolute Gasteiger partial charge is 0.362 e. The number of aliphatic carboxylic acids is 1. The number of esters is 2. The van der Waals surface area contributed by atoms with E-state index in [4.69, 9.17) is 14.2 Å². The first kappa shape index (κ1) is 59.8. The summed E-state index contributed by atoms with van der Waals surface area (Å²) in [6.45, 7) is 4.51. The molecule has 0 saturated carbocycles. The zero-order valence-electron chi connectivity index (χ0n) is 41.3. The van der Waals surface area contributed by atoms with Gasteiger partial charge in [-0.25, -0.2) is 4.79 Å². The molecule has 0 aliphatic rings. The van der Waals surface area contributed by atoms with Gasteiger partial charge in [0.25, 0.3) is 0 Å². The number of hydrogen-bond acceptors (Lipinski definition) is 6. The maximum absolute atomic E-state index is 12.8. The van der Waals surface area contributed by atoms with Crippen LogP contribution in [0.15, 0.2) is 72.9 Å². The molecule has 0 aromatic heterocycles. The molecule has 0 rings (SSSR count). The Hall–Kier alpha value is -3.23. The van der Waals surface area contributed by atoms with Gasteiger partial charge in [-0.05, 0) is 77.0 Å². The van der Waals surface area contributed by atoms with Gasteiger partial charge < -0.3 is 23.8 Å². The SMILES string of the molecule is CC/C=C/C/C=C/C/C=C/CCCCCCCCCCCCCCCC(=O)OC(COCCC(C(=O)O)[N+](C)(C)C)COC(=O)CCCCCCCC/C=C/C/C=C/C/C=C/CC. The molecule has 0 spiro atoms. The maximum Gasteiger partial charge on any atom is 0.362 e. The van der Waals surface area contributed by atoms with E-state index < -0.39 is 18.1 Å². The third kappa shape index (κ3) is 43.8. The lowest BCUT2D eigenvalue weighted by Crippen LogP contribution is -2.50. The molecule has 0 bridgehead atoms. The topological polar surface area (TPSA) is 99.1 Å². The fourth-order valence-electron chi connectivity index (χ4n) is 7.24. The van der Waals surface area contributed by atoms with Crippen LogP contribution < -0.4 is 0 Å². The van der Waals surface area contributed by atoms with Crippen molar-refractivity contribution in [2.45, 2.75) is 219 Å². The van der Waals surface area contributed by atoms with Crippen LogP contribution in [0, 0.1) is 0 Å². The minimum absolute atomic E-state index is 0.0543. The van der Waals surface area contributed by atoms with Gasteiger partial charge in [0, 0.05) is 19.3 Å². The number of nitrogens with zero attached hydrogens (tertiary/aromatic N) is 1. The minimum Gasteiger partial charge on any atom is -0.477 e. The van der Waals surface area contributed by atoms with Gasteiger partial charge in [0.1, 0.15) is 6.61 Å². The second kappa shape index (κ2) is 45.3. The summed E-state index contributed by atoms with van der Waals surface area (Å²) >= 11 is 0. The van der Waals surface area contributed by atoms with Crippen molar-refractivity contribution in [1.29, 1.82) is 0 Å². The molecular weight excluding hydrogens is 787 g/mol. The number of rotatable bonds is 45. The van der Waals surface area contributed by atoms with Crippen molar-refractivity contribution >= 4 is 17.9 Å². The molecule has 0 aliphatic heterocycles. The first-order valence-corrected chi connectivity index (χ1v) is 25.5. The van der Waals surface area contributed by atoms with Crippen molar-refractivity contribution in [2.24, 2.45) is 0 Å². The van der Waals surface area contributed by atoms with Crippen molar-refractivity contribution in [3.63, 3.8) is 0 Å². The summed E-state index contributed by atoms with van der Waals surface area (Å²) in [6.07, 6.45) is 58.1. The van der Waals surface area contributed by atoms with Gasteiger partial charge in [0.05, 0.1) is 34.4 Å². The highest BCUT2D eigenvalue weighted by Crippen LogP contribution is 2.15. The van der Waals surface area contributed by atoms with Gasteiger partial charge in [-0.1, -0.05) is 183 Å². The fraction of sp³-hybridized carbons (Fsp3) is 0.727. The van der Waals surface area contributed by atoms with E-state index in [1.165, 1.54) is 83.5 Å². The van der Waals surface area contributed by atoms with E-state index >= 15 is 0 Å². The summed E-state index contributed by atoms with van der Waals surface area (Å²) in [5.74, 6) is -1.48. The lowest BCUT2D eigenvalue weighted by Gasteiger charge is -2.31. The Kier molecular flexibility index (Phi) is 43.0. The van der Waals surface area contributed by atoms with E-state index in [2.05, 4.69) is 86.8 Å². The van der Waals surface area contributed by atoms with Crippen molar-refractivity contribution in [2.75, 3.05) is 41.0 Å². The second-order valence-corrected chi connectivity index (χ2v) is 18.0. The summed E-state index contributed by atoms with van der Waals surface area (Å²) in [4.78, 5) is 37.2. The first-order chi connectivity index (χ1) is 30.6. The van der Waals surface area contributed by atoms with Crippen LogP contribution in [0.5, 0.6) is 0 Å². The Balaban J connectivity index is 4.23. The molecule has 0 fully saturated rings. The van der Waals surface area contributed by atoms with Crippen LogP contribution in [-0.4, -0.2) is 80.6 Å². The summed E-state index contributed by atoms with van der Waals surface area (Å²) in [5.41, 5.74) is 0. The summed E-state index contributed by atoms with van der Waals surface area (Å²) in [6, 6.07) is -0.620. The van der Waals surface area contributed by atoms with E-state index in [1.54, 1.807) is 0 Å². The fourth-order valence-corrected chi connectivity index (χ4v) is 7.24. The van der Waals surface area contributed by atoms with Crippen LogP contribution in [0.1, 0.15) is 206 Å². The summed E-state index contributed by atoms with van der Waals surface area (Å²) < 4.78 is 17.3. The Morgan fingerprint density at radius 1 is 0.476 bits per heavy atom. The van der Waals surface area contributed by atoms with Crippen LogP contribution in [0.4, 0.5) is 0 Å². The number of allylic oxidation sites excluding steroid dienone is 12. The Morgan fingerprint density at radius 2 is 0.841 bits per heavy atom. The van der Waals surface area contributed by atoms with Crippen molar-refractivity contribution < 1.29 is 38.2 Å². The number of unbranched alkanes of at least 4 members (excludes halogenated alkanes) is 19. The van der Waals surface area contributed by atoms with E-state index in [1.807, 2.05) is 21.1 Å². The number of carboxylic acid groups (broad SMARTS) is 1. The Morgan fingerprint density at radius 3 is 1.24 bits per heavy atom. The lowest BCUT2D eigenvalue weighted by atomic mass is 10.0. The van der Waals surface area contributed by atoms with Gasteiger partial charge in [-0.2, -0.15) is 0 Å². The first-order valence-electron chi connectivity index (χ1n) is 25.5. The highest BCUT2D eigenvalue weighted by Gasteiger charge is 2.31. The summed E-state index contributed by atoms with van der Waals surface area (Å²) in [5, 5.41) is 9.65. The molecule has 0 saturated heterocycles. The maximum atomic E-state index is 12.8. The van der Waals surface area contributed by atoms with Gasteiger partial charge in [-0.3, -0.25) is 9.59 Å². The second-order valence-electron chi connectivity index (χ2n) is 18.0. The molecule has 2 unspecified atom stereocenters. The molecule has 0 radical (unpaired) electrons. The molecule has 362 valence electrons. The number of carbonyl (C=O) groups excluding carboxylic acids is 2. The Bertz CT molecular complexity index is 1260. The number of hydrogen-bond donors (Lipinski definition) is 1. The monoisotopic (exact) mass is 883 g/mol. The van der Waals surface area contributed by atoms with Crippen LogP contribution >= 0.6 is 0 Å². The predicted octanol–water partition coefficient (Wildman–Crippen LogP) is 14.7. The van der Waals surface area contributed by atoms with Gasteiger partial charge in [-0.15, -0.1) is 0 Å². The van der Waals surface area contributed by atoms with Crippen molar-refractivity contribution in [3.05, 3.63) is 72.9 Å². The summed E-state index contributed by atoms with van der Waals surface area (Å²) in [7, 11) is 5.53. The average Bonchev–Trinajstić information content (AvgIpc) is 3.24. The number of quaternary nitrogens is 1. The van der Waals surface area contributed by atoms with Gasteiger partial charge in [0.15, 0.2) is 12.1 Å². The third-order valence-electron chi connectivity index (χ3n) is 11.1. The highest BCUT2D eigenvalue weighted by atomic mass is 16.6. The normalized spacial score (nSPS) is 13.5. The number of carboxylic acids is 1. The minimum atomic E-state index is -0.878. The molecular formula is C55H96NO7+. The van der Waals surface area contributed by atoms with Crippen molar-refractivity contribution in [3.8, 4) is 0 Å². The third-order valence-corrected chi connectivity index (χ3v) is 11.1. The zero-order valence-corrected chi connectivity index (χ0v) is 41.3. The number of likely N-dealkylation sites (N-methyl/N-ethyl adjacent to an activating group) is 1. The van der Waals surface area contributed by atoms with E-state index in [-0.39, 0.29) is 36.2 Å². The molecule has 0 aliphatic carbocycles. The van der Waals surface area contributed by atoms with Gasteiger partial charge in [0.2, 0.25) is 0 Å². The lowest BCUT2D eigenvalue weighted by molar-refractivity contribution is -0.887. The molecule has 63 heavy (non-hydrogen) atoms. The Labute approximate surface area is 387 Å². The van der Waals surface area contributed by atoms with Crippen LogP contribution in [0.3, 0.4) is 0 Å². The highest BCUT2D eigenvalue weighted by molar-refractivity contribution is 5.72. The molecule has 1 N–H and O–H groups in total. The molecule has 8 nitrogen and oxygen atoms in total. The van der Waals surface area contributed by atoms with E-state index in [0.717, 1.165) is 89.9 Å². The predicted molar refractivity (Wildman–Crippen MR) is 266 cm³/mol. The molecule has 8 heteroatoms. The average molecular weight is 883 g/mol. The number of carbonyl (C=O) groups is 3. The van der Waals surface area contributed by atoms with E-state index in [0.29, 0.717) is 19.3 Å². The zero-order chi connectivity index (χ0) is 46.3.